The first kappa shape index (κ1) is 15.3. The number of aliphatic carboxylic acids is 1. The molecule has 3 N–H and O–H groups in total. The van der Waals surface area contributed by atoms with Gasteiger partial charge >= 0.3 is 12.0 Å². The van der Waals surface area contributed by atoms with Gasteiger partial charge in [-0.15, -0.1) is 0 Å². The average Bonchev–Trinajstić information content (AvgIpc) is 2.88. The summed E-state index contributed by atoms with van der Waals surface area (Å²) in [4.78, 5) is 26.4. The van der Waals surface area contributed by atoms with E-state index in [1.165, 1.54) is 0 Å². The molecule has 116 valence electrons. The van der Waals surface area contributed by atoms with Crippen molar-refractivity contribution in [1.82, 2.24) is 25.3 Å². The van der Waals surface area contributed by atoms with E-state index in [9.17, 15) is 9.59 Å². The number of nitrogens with zero attached hydrogens (tertiary/aromatic N) is 3. The second-order valence-corrected chi connectivity index (χ2v) is 5.15. The summed E-state index contributed by atoms with van der Waals surface area (Å²) in [7, 11) is 0. The molecular weight excluding hydrogens is 274 g/mol. The maximum Gasteiger partial charge on any atom is 0.317 e. The Hall–Kier alpha value is -2.09. The van der Waals surface area contributed by atoms with Crippen LogP contribution in [0.15, 0.2) is 6.20 Å². The third kappa shape index (κ3) is 4.45. The third-order valence-corrected chi connectivity index (χ3v) is 3.67. The number of carbonyl (C=O) groups excluding carboxylic acids is 1. The molecule has 1 aromatic rings. The molecule has 0 atom stereocenters. The molecule has 1 aliphatic rings. The first-order valence-corrected chi connectivity index (χ1v) is 7.02. The molecule has 2 amide bonds. The summed E-state index contributed by atoms with van der Waals surface area (Å²) in [5.74, 6) is -0.786. The first-order valence-electron chi connectivity index (χ1n) is 7.02. The fraction of sp³-hybridized carbons (Fsp3) is 0.615. The molecule has 0 spiro atoms. The van der Waals surface area contributed by atoms with Crippen LogP contribution in [0.25, 0.3) is 0 Å². The number of aryl methyl sites for hydroxylation is 1. The van der Waals surface area contributed by atoms with Crippen LogP contribution in [0.4, 0.5) is 4.79 Å². The number of carboxylic acid groups (broad SMARTS) is 1. The monoisotopic (exact) mass is 295 g/mol. The van der Waals surface area contributed by atoms with Crippen LogP contribution in [0.5, 0.6) is 0 Å². The molecular formula is C13H21N5O3. The SMILES string of the molecule is Cc1[nH]ncc1CNC(=O)N1CCN(CCC(=O)O)CC1. The highest BCUT2D eigenvalue weighted by atomic mass is 16.4. The van der Waals surface area contributed by atoms with Crippen LogP contribution in [0.3, 0.4) is 0 Å². The largest absolute Gasteiger partial charge is 0.481 e. The van der Waals surface area contributed by atoms with E-state index in [1.807, 2.05) is 6.92 Å². The van der Waals surface area contributed by atoms with Crippen LogP contribution in [-0.2, 0) is 11.3 Å². The van der Waals surface area contributed by atoms with E-state index in [1.54, 1.807) is 11.1 Å². The number of nitrogens with one attached hydrogen (secondary N) is 2. The summed E-state index contributed by atoms with van der Waals surface area (Å²) in [6.45, 7) is 5.58. The smallest absolute Gasteiger partial charge is 0.317 e. The molecule has 0 saturated carbocycles. The Kier molecular flexibility index (Phi) is 5.15. The second kappa shape index (κ2) is 7.07. The lowest BCUT2D eigenvalue weighted by molar-refractivity contribution is -0.137. The van der Waals surface area contributed by atoms with Gasteiger partial charge in [0.25, 0.3) is 0 Å². The zero-order valence-electron chi connectivity index (χ0n) is 12.1. The Balaban J connectivity index is 1.70. The van der Waals surface area contributed by atoms with Gasteiger partial charge in [-0.25, -0.2) is 4.79 Å². The molecule has 1 aromatic heterocycles. The number of carbonyl (C=O) groups is 2. The molecule has 0 radical (unpaired) electrons. The van der Waals surface area contributed by atoms with Gasteiger partial charge in [-0.3, -0.25) is 14.8 Å². The Bertz CT molecular complexity index is 494. The van der Waals surface area contributed by atoms with Crippen LogP contribution in [-0.4, -0.2) is 69.8 Å². The van der Waals surface area contributed by atoms with E-state index in [0.717, 1.165) is 11.3 Å². The highest BCUT2D eigenvalue weighted by molar-refractivity contribution is 5.74. The minimum absolute atomic E-state index is 0.0894. The highest BCUT2D eigenvalue weighted by Crippen LogP contribution is 2.05. The number of urea groups is 1. The maximum absolute atomic E-state index is 12.0. The number of aromatic amines is 1. The molecule has 21 heavy (non-hydrogen) atoms. The Morgan fingerprint density at radius 3 is 2.67 bits per heavy atom. The Morgan fingerprint density at radius 2 is 2.10 bits per heavy atom. The lowest BCUT2D eigenvalue weighted by Crippen LogP contribution is -2.51. The van der Waals surface area contributed by atoms with Gasteiger partial charge in [-0.2, -0.15) is 5.10 Å². The zero-order chi connectivity index (χ0) is 15.2. The molecule has 0 aromatic carbocycles. The van der Waals surface area contributed by atoms with Crippen LogP contribution in [0.1, 0.15) is 17.7 Å². The molecule has 2 rings (SSSR count). The van der Waals surface area contributed by atoms with Crippen molar-refractivity contribution in [2.75, 3.05) is 32.7 Å². The first-order chi connectivity index (χ1) is 10.1. The van der Waals surface area contributed by atoms with Crippen molar-refractivity contribution in [3.05, 3.63) is 17.5 Å². The van der Waals surface area contributed by atoms with Gasteiger partial charge < -0.3 is 15.3 Å². The predicted molar refractivity (Wildman–Crippen MR) is 75.8 cm³/mol. The topological polar surface area (TPSA) is 102 Å². The van der Waals surface area contributed by atoms with Crippen molar-refractivity contribution in [1.29, 1.82) is 0 Å². The minimum atomic E-state index is -0.786. The number of H-pyrrole nitrogens is 1. The summed E-state index contributed by atoms with van der Waals surface area (Å²) in [5.41, 5.74) is 1.93. The molecule has 8 nitrogen and oxygen atoms in total. The minimum Gasteiger partial charge on any atom is -0.481 e. The average molecular weight is 295 g/mol. The van der Waals surface area contributed by atoms with E-state index in [0.29, 0.717) is 39.3 Å². The van der Waals surface area contributed by atoms with E-state index < -0.39 is 5.97 Å². The molecule has 0 bridgehead atoms. The second-order valence-electron chi connectivity index (χ2n) is 5.15. The van der Waals surface area contributed by atoms with Gasteiger partial charge in [-0.05, 0) is 6.92 Å². The van der Waals surface area contributed by atoms with Crippen LogP contribution in [0, 0.1) is 6.92 Å². The Labute approximate surface area is 123 Å². The van der Waals surface area contributed by atoms with Gasteiger partial charge in [-0.1, -0.05) is 0 Å². The predicted octanol–water partition coefficient (Wildman–Crippen LogP) is 0.0200. The van der Waals surface area contributed by atoms with Crippen LogP contribution in [0.2, 0.25) is 0 Å². The summed E-state index contributed by atoms with van der Waals surface area (Å²) >= 11 is 0. The summed E-state index contributed by atoms with van der Waals surface area (Å²) in [6.07, 6.45) is 1.85. The number of carboxylic acids is 1. The van der Waals surface area contributed by atoms with E-state index in [-0.39, 0.29) is 12.5 Å². The van der Waals surface area contributed by atoms with Crippen molar-refractivity contribution in [3.63, 3.8) is 0 Å². The van der Waals surface area contributed by atoms with Crippen molar-refractivity contribution in [3.8, 4) is 0 Å². The summed E-state index contributed by atoms with van der Waals surface area (Å²) in [6, 6.07) is -0.0894. The van der Waals surface area contributed by atoms with E-state index in [4.69, 9.17) is 5.11 Å². The summed E-state index contributed by atoms with van der Waals surface area (Å²) < 4.78 is 0. The van der Waals surface area contributed by atoms with Gasteiger partial charge in [0.05, 0.1) is 12.6 Å². The lowest BCUT2D eigenvalue weighted by atomic mass is 10.2. The van der Waals surface area contributed by atoms with E-state index in [2.05, 4.69) is 20.4 Å². The normalized spacial score (nSPS) is 16.0. The van der Waals surface area contributed by atoms with Gasteiger partial charge in [0.15, 0.2) is 0 Å². The van der Waals surface area contributed by atoms with Crippen molar-refractivity contribution >= 4 is 12.0 Å². The summed E-state index contributed by atoms with van der Waals surface area (Å²) in [5, 5.41) is 18.3. The van der Waals surface area contributed by atoms with E-state index >= 15 is 0 Å². The van der Waals surface area contributed by atoms with Crippen molar-refractivity contribution < 1.29 is 14.7 Å². The fourth-order valence-corrected chi connectivity index (χ4v) is 2.26. The highest BCUT2D eigenvalue weighted by Gasteiger charge is 2.21. The maximum atomic E-state index is 12.0. The fourth-order valence-electron chi connectivity index (χ4n) is 2.26. The number of hydrogen-bond acceptors (Lipinski definition) is 4. The van der Waals surface area contributed by atoms with Crippen LogP contribution < -0.4 is 5.32 Å². The zero-order valence-corrected chi connectivity index (χ0v) is 12.1. The lowest BCUT2D eigenvalue weighted by Gasteiger charge is -2.34. The molecule has 2 heterocycles. The molecule has 1 aliphatic heterocycles. The quantitative estimate of drug-likeness (QED) is 0.711. The number of amides is 2. The van der Waals surface area contributed by atoms with Gasteiger partial charge in [0.1, 0.15) is 0 Å². The third-order valence-electron chi connectivity index (χ3n) is 3.67. The number of rotatable bonds is 5. The molecule has 0 unspecified atom stereocenters. The molecule has 0 aliphatic carbocycles. The van der Waals surface area contributed by atoms with Crippen LogP contribution >= 0.6 is 0 Å². The number of aromatic nitrogens is 2. The Morgan fingerprint density at radius 1 is 1.38 bits per heavy atom. The number of piperazine rings is 1. The van der Waals surface area contributed by atoms with Gasteiger partial charge in [0.2, 0.25) is 0 Å². The molecule has 1 saturated heterocycles. The van der Waals surface area contributed by atoms with Gasteiger partial charge in [0, 0.05) is 50.5 Å². The number of hydrogen-bond donors (Lipinski definition) is 3. The van der Waals surface area contributed by atoms with Crippen molar-refractivity contribution in [2.45, 2.75) is 19.9 Å². The molecule has 1 fully saturated rings. The standard InChI is InChI=1S/C13H21N5O3/c1-10-11(9-15-16-10)8-14-13(21)18-6-4-17(5-7-18)3-2-12(19)20/h9H,2-8H2,1H3,(H,14,21)(H,15,16)(H,19,20). The molecule has 8 heteroatoms. The van der Waals surface area contributed by atoms with Crippen molar-refractivity contribution in [2.24, 2.45) is 0 Å².